The topological polar surface area (TPSA) is 45.5 Å². The summed E-state index contributed by atoms with van der Waals surface area (Å²) in [6.07, 6.45) is 6.71. The van der Waals surface area contributed by atoms with Crippen LogP contribution in [0.15, 0.2) is 47.1 Å². The van der Waals surface area contributed by atoms with Gasteiger partial charge in [-0.1, -0.05) is 30.5 Å². The minimum absolute atomic E-state index is 0.0265. The minimum atomic E-state index is -0.0265. The fourth-order valence-corrected chi connectivity index (χ4v) is 3.29. The van der Waals surface area contributed by atoms with Crippen LogP contribution in [0.4, 0.5) is 0 Å². The number of furan rings is 1. The maximum Gasteiger partial charge on any atom is 0.251 e. The molecule has 0 bridgehead atoms. The van der Waals surface area contributed by atoms with Crippen LogP contribution in [0.25, 0.3) is 0 Å². The van der Waals surface area contributed by atoms with Crippen molar-refractivity contribution in [2.24, 2.45) is 0 Å². The van der Waals surface area contributed by atoms with E-state index in [4.69, 9.17) is 4.42 Å². The van der Waals surface area contributed by atoms with Gasteiger partial charge in [-0.3, -0.25) is 9.69 Å². The second-order valence-electron chi connectivity index (χ2n) is 6.56. The molecule has 2 heterocycles. The van der Waals surface area contributed by atoms with Gasteiger partial charge in [0.15, 0.2) is 0 Å². The highest BCUT2D eigenvalue weighted by atomic mass is 16.3. The zero-order chi connectivity index (χ0) is 16.8. The van der Waals surface area contributed by atoms with E-state index in [2.05, 4.69) is 10.2 Å². The number of rotatable bonds is 5. The molecule has 0 saturated carbocycles. The summed E-state index contributed by atoms with van der Waals surface area (Å²) in [6.45, 7) is 4.71. The molecule has 1 aromatic heterocycles. The van der Waals surface area contributed by atoms with E-state index >= 15 is 0 Å². The van der Waals surface area contributed by atoms with Crippen molar-refractivity contribution in [3.8, 4) is 0 Å². The normalized spacial score (nSPS) is 17.2. The molecule has 2 aromatic rings. The molecule has 0 aliphatic carbocycles. The fourth-order valence-electron chi connectivity index (χ4n) is 3.29. The smallest absolute Gasteiger partial charge is 0.251 e. The maximum absolute atomic E-state index is 12.4. The van der Waals surface area contributed by atoms with E-state index in [0.717, 1.165) is 24.4 Å². The van der Waals surface area contributed by atoms with Crippen molar-refractivity contribution in [1.29, 1.82) is 0 Å². The molecule has 1 unspecified atom stereocenters. The molecule has 24 heavy (non-hydrogen) atoms. The van der Waals surface area contributed by atoms with E-state index in [0.29, 0.717) is 12.1 Å². The molecule has 0 radical (unpaired) electrons. The van der Waals surface area contributed by atoms with Crippen LogP contribution < -0.4 is 5.32 Å². The summed E-state index contributed by atoms with van der Waals surface area (Å²) in [5, 5.41) is 3.08. The van der Waals surface area contributed by atoms with Crippen LogP contribution in [0.1, 0.15) is 53.4 Å². The Morgan fingerprint density at radius 1 is 1.12 bits per heavy atom. The van der Waals surface area contributed by atoms with Crippen LogP contribution in [0.2, 0.25) is 0 Å². The van der Waals surface area contributed by atoms with Crippen LogP contribution in [-0.2, 0) is 0 Å². The Hall–Kier alpha value is -2.07. The van der Waals surface area contributed by atoms with Crippen molar-refractivity contribution < 1.29 is 9.21 Å². The highest BCUT2D eigenvalue weighted by Gasteiger charge is 2.24. The van der Waals surface area contributed by atoms with Gasteiger partial charge in [-0.05, 0) is 57.1 Å². The quantitative estimate of drug-likeness (QED) is 0.905. The first kappa shape index (κ1) is 16.8. The molecule has 4 nitrogen and oxygen atoms in total. The molecule has 1 amide bonds. The Bertz CT molecular complexity index is 626. The Morgan fingerprint density at radius 3 is 2.46 bits per heavy atom. The van der Waals surface area contributed by atoms with E-state index in [1.807, 2.05) is 43.3 Å². The predicted octanol–water partition coefficient (Wildman–Crippen LogP) is 3.94. The summed E-state index contributed by atoms with van der Waals surface area (Å²) in [5.74, 6) is 0.905. The molecule has 1 aromatic carbocycles. The zero-order valence-corrected chi connectivity index (χ0v) is 14.3. The number of likely N-dealkylation sites (tertiary alicyclic amines) is 1. The standard InChI is InChI=1S/C20H26N2O2/c1-16-8-10-17(11-9-16)20(23)21-15-18(19-7-6-14-24-19)22-12-4-2-3-5-13-22/h6-11,14,18H,2-5,12-13,15H2,1H3,(H,21,23). The van der Waals surface area contributed by atoms with E-state index in [-0.39, 0.29) is 11.9 Å². The van der Waals surface area contributed by atoms with Crippen LogP contribution >= 0.6 is 0 Å². The molecule has 1 aliphatic heterocycles. The van der Waals surface area contributed by atoms with Crippen LogP contribution in [0.3, 0.4) is 0 Å². The monoisotopic (exact) mass is 326 g/mol. The van der Waals surface area contributed by atoms with Crippen molar-refractivity contribution in [3.63, 3.8) is 0 Å². The van der Waals surface area contributed by atoms with Gasteiger partial charge in [0, 0.05) is 12.1 Å². The Balaban J connectivity index is 1.67. The third kappa shape index (κ3) is 4.26. The second-order valence-corrected chi connectivity index (χ2v) is 6.56. The van der Waals surface area contributed by atoms with Gasteiger partial charge in [0.1, 0.15) is 5.76 Å². The van der Waals surface area contributed by atoms with E-state index in [1.54, 1.807) is 6.26 Å². The highest BCUT2D eigenvalue weighted by molar-refractivity contribution is 5.94. The third-order valence-electron chi connectivity index (χ3n) is 4.72. The lowest BCUT2D eigenvalue weighted by atomic mass is 10.1. The minimum Gasteiger partial charge on any atom is -0.468 e. The fraction of sp³-hybridized carbons (Fsp3) is 0.450. The van der Waals surface area contributed by atoms with Gasteiger partial charge in [-0.2, -0.15) is 0 Å². The van der Waals surface area contributed by atoms with Gasteiger partial charge in [0.2, 0.25) is 0 Å². The number of hydrogen-bond acceptors (Lipinski definition) is 3. The molecule has 1 atom stereocenters. The number of carbonyl (C=O) groups is 1. The Kier molecular flexibility index (Phi) is 5.70. The molecule has 1 aliphatic rings. The number of benzene rings is 1. The largest absolute Gasteiger partial charge is 0.468 e. The van der Waals surface area contributed by atoms with Crippen LogP contribution in [0, 0.1) is 6.92 Å². The first-order valence-corrected chi connectivity index (χ1v) is 8.86. The van der Waals surface area contributed by atoms with Crippen molar-refractivity contribution in [3.05, 3.63) is 59.5 Å². The lowest BCUT2D eigenvalue weighted by Crippen LogP contribution is -2.38. The lowest BCUT2D eigenvalue weighted by Gasteiger charge is -2.29. The van der Waals surface area contributed by atoms with Crippen LogP contribution in [0.5, 0.6) is 0 Å². The molecule has 0 spiro atoms. The summed E-state index contributed by atoms with van der Waals surface area (Å²) in [4.78, 5) is 14.9. The molecule has 128 valence electrons. The van der Waals surface area contributed by atoms with Crippen molar-refractivity contribution >= 4 is 5.91 Å². The van der Waals surface area contributed by atoms with Gasteiger partial charge >= 0.3 is 0 Å². The summed E-state index contributed by atoms with van der Waals surface area (Å²) in [5.41, 5.74) is 1.86. The van der Waals surface area contributed by atoms with E-state index in [9.17, 15) is 4.79 Å². The van der Waals surface area contributed by atoms with Gasteiger partial charge in [0.25, 0.3) is 5.91 Å². The van der Waals surface area contributed by atoms with Gasteiger partial charge < -0.3 is 9.73 Å². The maximum atomic E-state index is 12.4. The molecule has 1 N–H and O–H groups in total. The van der Waals surface area contributed by atoms with Crippen LogP contribution in [-0.4, -0.2) is 30.4 Å². The number of carbonyl (C=O) groups excluding carboxylic acids is 1. The van der Waals surface area contributed by atoms with E-state index in [1.165, 1.54) is 25.7 Å². The molecule has 3 rings (SSSR count). The molecule has 1 fully saturated rings. The second kappa shape index (κ2) is 8.15. The molecular weight excluding hydrogens is 300 g/mol. The number of hydrogen-bond donors (Lipinski definition) is 1. The number of nitrogens with one attached hydrogen (secondary N) is 1. The van der Waals surface area contributed by atoms with Crippen molar-refractivity contribution in [2.75, 3.05) is 19.6 Å². The van der Waals surface area contributed by atoms with Gasteiger partial charge in [-0.15, -0.1) is 0 Å². The third-order valence-corrected chi connectivity index (χ3v) is 4.72. The van der Waals surface area contributed by atoms with Crippen molar-refractivity contribution in [2.45, 2.75) is 38.6 Å². The molecule has 1 saturated heterocycles. The highest BCUT2D eigenvalue weighted by Crippen LogP contribution is 2.24. The summed E-state index contributed by atoms with van der Waals surface area (Å²) in [6, 6.07) is 11.7. The average molecular weight is 326 g/mol. The predicted molar refractivity (Wildman–Crippen MR) is 95.0 cm³/mol. The van der Waals surface area contributed by atoms with Gasteiger partial charge in [-0.25, -0.2) is 0 Å². The first-order valence-electron chi connectivity index (χ1n) is 8.86. The summed E-state index contributed by atoms with van der Waals surface area (Å²) >= 11 is 0. The first-order chi connectivity index (χ1) is 11.7. The zero-order valence-electron chi connectivity index (χ0n) is 14.3. The SMILES string of the molecule is Cc1ccc(C(=O)NCC(c2ccco2)N2CCCCCC2)cc1. The Labute approximate surface area is 143 Å². The molecular formula is C20H26N2O2. The number of amides is 1. The van der Waals surface area contributed by atoms with E-state index < -0.39 is 0 Å². The average Bonchev–Trinajstić information content (AvgIpc) is 2.98. The van der Waals surface area contributed by atoms with Crippen molar-refractivity contribution in [1.82, 2.24) is 10.2 Å². The number of aryl methyl sites for hydroxylation is 1. The summed E-state index contributed by atoms with van der Waals surface area (Å²) in [7, 11) is 0. The number of nitrogens with zero attached hydrogens (tertiary/aromatic N) is 1. The summed E-state index contributed by atoms with van der Waals surface area (Å²) < 4.78 is 5.65. The lowest BCUT2D eigenvalue weighted by molar-refractivity contribution is 0.0927. The molecule has 4 heteroatoms. The Morgan fingerprint density at radius 2 is 1.83 bits per heavy atom. The van der Waals surface area contributed by atoms with Gasteiger partial charge in [0.05, 0.1) is 12.3 Å².